The fourth-order valence-electron chi connectivity index (χ4n) is 3.94. The molecule has 9 heteroatoms. The third-order valence-electron chi connectivity index (χ3n) is 5.69. The molecular weight excluding hydrogens is 460 g/mol. The highest BCUT2D eigenvalue weighted by molar-refractivity contribution is 7.93. The molecule has 0 atom stereocenters. The van der Waals surface area contributed by atoms with Crippen molar-refractivity contribution in [2.45, 2.75) is 36.5 Å². The number of hydrogen-bond donors (Lipinski definition) is 1. The molecule has 0 aliphatic carbocycles. The van der Waals surface area contributed by atoms with Crippen LogP contribution in [0.4, 0.5) is 11.4 Å². The highest BCUT2D eigenvalue weighted by atomic mass is 32.2. The second-order valence-electron chi connectivity index (χ2n) is 8.07. The van der Waals surface area contributed by atoms with Gasteiger partial charge in [-0.2, -0.15) is 0 Å². The number of hydrogen-bond acceptors (Lipinski definition) is 5. The molecule has 0 saturated carbocycles. The third-order valence-corrected chi connectivity index (χ3v) is 9.04. The lowest BCUT2D eigenvalue weighted by Crippen LogP contribution is -2.35. The van der Waals surface area contributed by atoms with Gasteiger partial charge in [0.15, 0.2) is 0 Å². The highest BCUT2D eigenvalue weighted by Crippen LogP contribution is 2.35. The van der Waals surface area contributed by atoms with E-state index in [1.165, 1.54) is 23.5 Å². The van der Waals surface area contributed by atoms with Crippen molar-refractivity contribution in [3.05, 3.63) is 77.4 Å². The number of fused-ring (bicyclic) bond motifs is 1. The van der Waals surface area contributed by atoms with E-state index in [0.29, 0.717) is 42.1 Å². The molecule has 0 amide bonds. The van der Waals surface area contributed by atoms with Gasteiger partial charge in [-0.1, -0.05) is 18.2 Å². The minimum absolute atomic E-state index is 0.150. The molecule has 4 rings (SSSR count). The monoisotopic (exact) mass is 486 g/mol. The summed E-state index contributed by atoms with van der Waals surface area (Å²) < 4.78 is 62.0. The largest absolute Gasteiger partial charge is 0.497 e. The molecule has 1 heterocycles. The van der Waals surface area contributed by atoms with Crippen molar-refractivity contribution in [1.29, 1.82) is 0 Å². The van der Waals surface area contributed by atoms with Crippen molar-refractivity contribution >= 4 is 31.4 Å². The van der Waals surface area contributed by atoms with Crippen LogP contribution in [0.3, 0.4) is 0 Å². The van der Waals surface area contributed by atoms with Crippen LogP contribution in [0.5, 0.6) is 5.75 Å². The van der Waals surface area contributed by atoms with Crippen molar-refractivity contribution in [2.24, 2.45) is 0 Å². The van der Waals surface area contributed by atoms with Gasteiger partial charge in [-0.05, 0) is 85.8 Å². The normalized spacial score (nSPS) is 14.0. The van der Waals surface area contributed by atoms with Crippen molar-refractivity contribution < 1.29 is 21.6 Å². The molecule has 1 aliphatic heterocycles. The Labute approximate surface area is 195 Å². The molecule has 3 aromatic rings. The summed E-state index contributed by atoms with van der Waals surface area (Å²) in [5.74, 6) is 0.566. The summed E-state index contributed by atoms with van der Waals surface area (Å²) in [5, 5.41) is 0. The van der Waals surface area contributed by atoms with Crippen LogP contribution in [0.1, 0.15) is 23.1 Å². The molecule has 0 saturated heterocycles. The molecule has 7 nitrogen and oxygen atoms in total. The zero-order valence-electron chi connectivity index (χ0n) is 18.7. The molecule has 0 unspecified atom stereocenters. The van der Waals surface area contributed by atoms with Gasteiger partial charge >= 0.3 is 0 Å². The molecular formula is C24H26N2O5S2. The first-order valence-corrected chi connectivity index (χ1v) is 13.4. The van der Waals surface area contributed by atoms with Crippen LogP contribution in [0.15, 0.2) is 70.5 Å². The van der Waals surface area contributed by atoms with Gasteiger partial charge in [0.1, 0.15) is 5.75 Å². The van der Waals surface area contributed by atoms with E-state index in [9.17, 15) is 16.8 Å². The van der Waals surface area contributed by atoms with E-state index >= 15 is 0 Å². The van der Waals surface area contributed by atoms with E-state index in [1.54, 1.807) is 49.4 Å². The van der Waals surface area contributed by atoms with Crippen LogP contribution in [0.25, 0.3) is 0 Å². The summed E-state index contributed by atoms with van der Waals surface area (Å²) in [7, 11) is -6.14. The summed E-state index contributed by atoms with van der Waals surface area (Å²) in [6.45, 7) is 3.89. The third kappa shape index (κ3) is 4.56. The Morgan fingerprint density at radius 2 is 1.64 bits per heavy atom. The summed E-state index contributed by atoms with van der Waals surface area (Å²) >= 11 is 0. The fraction of sp³-hybridized carbons (Fsp3) is 0.250. The Balaban J connectivity index is 1.70. The number of aryl methyl sites for hydroxylation is 3. The highest BCUT2D eigenvalue weighted by Gasteiger charge is 2.30. The van der Waals surface area contributed by atoms with E-state index in [2.05, 4.69) is 4.72 Å². The Bertz CT molecular complexity index is 1400. The maximum Gasteiger partial charge on any atom is 0.264 e. The summed E-state index contributed by atoms with van der Waals surface area (Å²) in [6.07, 6.45) is 1.39. The molecule has 0 bridgehead atoms. The minimum atomic E-state index is -3.84. The van der Waals surface area contributed by atoms with Crippen LogP contribution in [0, 0.1) is 13.8 Å². The van der Waals surface area contributed by atoms with Gasteiger partial charge < -0.3 is 4.74 Å². The number of anilines is 2. The van der Waals surface area contributed by atoms with Gasteiger partial charge in [0.25, 0.3) is 20.0 Å². The van der Waals surface area contributed by atoms with Crippen LogP contribution in [-0.2, 0) is 26.5 Å². The van der Waals surface area contributed by atoms with Crippen molar-refractivity contribution in [2.75, 3.05) is 22.7 Å². The molecule has 174 valence electrons. The topological polar surface area (TPSA) is 92.8 Å². The van der Waals surface area contributed by atoms with E-state index in [0.717, 1.165) is 11.1 Å². The first kappa shape index (κ1) is 23.1. The Hall–Kier alpha value is -3.04. The van der Waals surface area contributed by atoms with Crippen LogP contribution in [0.2, 0.25) is 0 Å². The zero-order chi connectivity index (χ0) is 23.8. The summed E-state index contributed by atoms with van der Waals surface area (Å²) in [6, 6.07) is 16.5. The number of methoxy groups -OCH3 is 1. The number of nitrogens with one attached hydrogen (secondary N) is 1. The second-order valence-corrected chi connectivity index (χ2v) is 11.6. The quantitative estimate of drug-likeness (QED) is 0.562. The van der Waals surface area contributed by atoms with Crippen LogP contribution in [-0.4, -0.2) is 30.5 Å². The van der Waals surface area contributed by atoms with Crippen molar-refractivity contribution in [3.63, 3.8) is 0 Å². The molecule has 1 N–H and O–H groups in total. The smallest absolute Gasteiger partial charge is 0.264 e. The first-order valence-electron chi connectivity index (χ1n) is 10.5. The average molecular weight is 487 g/mol. The number of rotatable bonds is 6. The maximum absolute atomic E-state index is 13.4. The minimum Gasteiger partial charge on any atom is -0.497 e. The van der Waals surface area contributed by atoms with Crippen LogP contribution < -0.4 is 13.8 Å². The molecule has 3 aromatic carbocycles. The predicted molar refractivity (Wildman–Crippen MR) is 129 cm³/mol. The van der Waals surface area contributed by atoms with Crippen molar-refractivity contribution in [3.8, 4) is 5.75 Å². The lowest BCUT2D eigenvalue weighted by molar-refractivity contribution is 0.414. The van der Waals surface area contributed by atoms with Gasteiger partial charge in [-0.15, -0.1) is 0 Å². The van der Waals surface area contributed by atoms with Gasteiger partial charge in [0.05, 0.1) is 28.3 Å². The lowest BCUT2D eigenvalue weighted by Gasteiger charge is -2.31. The maximum atomic E-state index is 13.4. The zero-order valence-corrected chi connectivity index (χ0v) is 20.3. The number of ether oxygens (including phenoxy) is 1. The molecule has 0 fully saturated rings. The SMILES string of the molecule is COc1ccc(S(=O)(=O)N2CCCc3ccc(NS(=O)(=O)c4cc(C)ccc4C)cc32)cc1. The van der Waals surface area contributed by atoms with Gasteiger partial charge in [-0.25, -0.2) is 16.8 Å². The Morgan fingerprint density at radius 1 is 0.909 bits per heavy atom. The van der Waals surface area contributed by atoms with E-state index in [4.69, 9.17) is 4.74 Å². The standard InChI is InChI=1S/C24H26N2O5S2/c1-17-6-7-18(2)24(15-17)32(27,28)25-20-9-8-19-5-4-14-26(23(19)16-20)33(29,30)22-12-10-21(31-3)11-13-22/h6-13,15-16,25H,4-5,14H2,1-3H3. The number of benzene rings is 3. The Morgan fingerprint density at radius 3 is 2.33 bits per heavy atom. The van der Waals surface area contributed by atoms with Gasteiger partial charge in [0, 0.05) is 6.54 Å². The summed E-state index contributed by atoms with van der Waals surface area (Å²) in [4.78, 5) is 0.348. The predicted octanol–water partition coefficient (Wildman–Crippen LogP) is 4.25. The van der Waals surface area contributed by atoms with Crippen LogP contribution >= 0.6 is 0 Å². The molecule has 33 heavy (non-hydrogen) atoms. The fourth-order valence-corrected chi connectivity index (χ4v) is 6.85. The first-order chi connectivity index (χ1) is 15.6. The molecule has 0 aromatic heterocycles. The molecule has 1 aliphatic rings. The lowest BCUT2D eigenvalue weighted by atomic mass is 10.0. The van der Waals surface area contributed by atoms with Gasteiger partial charge in [-0.3, -0.25) is 9.03 Å². The van der Waals surface area contributed by atoms with E-state index < -0.39 is 20.0 Å². The van der Waals surface area contributed by atoms with Crippen molar-refractivity contribution in [1.82, 2.24) is 0 Å². The number of nitrogens with zero attached hydrogens (tertiary/aromatic N) is 1. The van der Waals surface area contributed by atoms with E-state index in [1.807, 2.05) is 13.0 Å². The molecule has 0 radical (unpaired) electrons. The molecule has 0 spiro atoms. The van der Waals surface area contributed by atoms with Gasteiger partial charge in [0.2, 0.25) is 0 Å². The summed E-state index contributed by atoms with van der Waals surface area (Å²) in [5.41, 5.74) is 3.12. The second kappa shape index (κ2) is 8.72. The Kier molecular flexibility index (Phi) is 6.11. The average Bonchev–Trinajstić information content (AvgIpc) is 2.79. The number of sulfonamides is 2. The van der Waals surface area contributed by atoms with E-state index in [-0.39, 0.29) is 9.79 Å².